The van der Waals surface area contributed by atoms with E-state index in [-0.39, 0.29) is 0 Å². The zero-order valence-corrected chi connectivity index (χ0v) is 12.2. The molecular weight excluding hydrogens is 287 g/mol. The van der Waals surface area contributed by atoms with E-state index < -0.39 is 0 Å². The quantitative estimate of drug-likeness (QED) is 0.820. The first kappa shape index (κ1) is 12.6. The van der Waals surface area contributed by atoms with E-state index in [1.54, 1.807) is 6.07 Å². The van der Waals surface area contributed by atoms with E-state index in [1.165, 1.54) is 12.8 Å². The summed E-state index contributed by atoms with van der Waals surface area (Å²) in [7, 11) is 0. The van der Waals surface area contributed by atoms with Crippen LogP contribution in [-0.4, -0.2) is 28.9 Å². The number of thioether (sulfide) groups is 1. The van der Waals surface area contributed by atoms with E-state index >= 15 is 0 Å². The summed E-state index contributed by atoms with van der Waals surface area (Å²) < 4.78 is 0. The van der Waals surface area contributed by atoms with E-state index in [9.17, 15) is 0 Å². The van der Waals surface area contributed by atoms with Gasteiger partial charge in [-0.1, -0.05) is 35.0 Å². The molecule has 0 spiro atoms. The first-order chi connectivity index (χ1) is 8.72. The van der Waals surface area contributed by atoms with Gasteiger partial charge in [0.25, 0.3) is 0 Å². The van der Waals surface area contributed by atoms with Crippen molar-refractivity contribution in [3.05, 3.63) is 28.2 Å². The van der Waals surface area contributed by atoms with Gasteiger partial charge in [-0.25, -0.2) is 4.99 Å². The number of hydrogen-bond donors (Lipinski definition) is 0. The second kappa shape index (κ2) is 5.32. The van der Waals surface area contributed by atoms with Crippen molar-refractivity contribution >= 4 is 45.8 Å². The third kappa shape index (κ3) is 2.95. The summed E-state index contributed by atoms with van der Waals surface area (Å²) >= 11 is 13.9. The van der Waals surface area contributed by atoms with Crippen LogP contribution in [-0.2, 0) is 0 Å². The number of hydrogen-bond acceptors (Lipinski definition) is 2. The predicted molar refractivity (Wildman–Crippen MR) is 80.3 cm³/mol. The molecule has 3 rings (SSSR count). The van der Waals surface area contributed by atoms with Crippen LogP contribution in [0.4, 0.5) is 5.69 Å². The summed E-state index contributed by atoms with van der Waals surface area (Å²) in [5.74, 6) is 2.01. The van der Waals surface area contributed by atoms with Crippen LogP contribution in [0.15, 0.2) is 23.2 Å². The van der Waals surface area contributed by atoms with Gasteiger partial charge in [-0.2, -0.15) is 0 Å². The molecule has 2 aliphatic rings. The van der Waals surface area contributed by atoms with Crippen molar-refractivity contribution in [3.63, 3.8) is 0 Å². The molecule has 1 heterocycles. The molecule has 0 aromatic heterocycles. The van der Waals surface area contributed by atoms with Crippen molar-refractivity contribution in [2.24, 2.45) is 10.9 Å². The number of rotatable bonds is 3. The molecule has 2 fully saturated rings. The topological polar surface area (TPSA) is 15.6 Å². The predicted octanol–water partition coefficient (Wildman–Crippen LogP) is 4.44. The Morgan fingerprint density at radius 2 is 2.17 bits per heavy atom. The van der Waals surface area contributed by atoms with Crippen molar-refractivity contribution in [1.82, 2.24) is 4.90 Å². The third-order valence-electron chi connectivity index (χ3n) is 3.16. The van der Waals surface area contributed by atoms with Gasteiger partial charge in [0, 0.05) is 23.9 Å². The number of amidine groups is 1. The molecule has 0 N–H and O–H groups in total. The molecule has 1 aromatic carbocycles. The smallest absolute Gasteiger partial charge is 0.164 e. The highest BCUT2D eigenvalue weighted by Gasteiger charge is 2.28. The molecule has 0 unspecified atom stereocenters. The molecule has 0 radical (unpaired) electrons. The van der Waals surface area contributed by atoms with E-state index in [1.807, 2.05) is 23.9 Å². The first-order valence-corrected chi connectivity index (χ1v) is 7.88. The van der Waals surface area contributed by atoms with Crippen LogP contribution in [0.25, 0.3) is 0 Å². The molecule has 2 nitrogen and oxygen atoms in total. The minimum atomic E-state index is 0.619. The van der Waals surface area contributed by atoms with E-state index in [4.69, 9.17) is 23.2 Å². The Morgan fingerprint density at radius 3 is 2.89 bits per heavy atom. The van der Waals surface area contributed by atoms with Gasteiger partial charge in [-0.05, 0) is 37.0 Å². The molecule has 5 heteroatoms. The summed E-state index contributed by atoms with van der Waals surface area (Å²) in [4.78, 5) is 7.06. The molecular formula is C13H14Cl2N2S. The normalized spacial score (nSPS) is 21.9. The van der Waals surface area contributed by atoms with Gasteiger partial charge in [-0.15, -0.1) is 0 Å². The molecule has 1 aliphatic carbocycles. The van der Waals surface area contributed by atoms with Gasteiger partial charge in [0.2, 0.25) is 0 Å². The molecule has 96 valence electrons. The molecule has 0 atom stereocenters. The standard InChI is InChI=1S/C13H14Cl2N2S/c14-10-3-4-12(11(15)7-10)16-13-17(5-6-18-13)8-9-1-2-9/h3-4,7,9H,1-2,5-6,8H2. The van der Waals surface area contributed by atoms with Crippen LogP contribution < -0.4 is 0 Å². The van der Waals surface area contributed by atoms with Crippen LogP contribution >= 0.6 is 35.0 Å². The largest absolute Gasteiger partial charge is 0.350 e. The number of halogens is 2. The lowest BCUT2D eigenvalue weighted by Crippen LogP contribution is -2.26. The third-order valence-corrected chi connectivity index (χ3v) is 4.70. The summed E-state index contributed by atoms with van der Waals surface area (Å²) in [5, 5.41) is 2.37. The number of nitrogens with zero attached hydrogens (tertiary/aromatic N) is 2. The number of benzene rings is 1. The van der Waals surface area contributed by atoms with Crippen LogP contribution in [0.1, 0.15) is 12.8 Å². The summed E-state index contributed by atoms with van der Waals surface area (Å²) in [5.41, 5.74) is 0.811. The average molecular weight is 301 g/mol. The minimum Gasteiger partial charge on any atom is -0.350 e. The van der Waals surface area contributed by atoms with E-state index in [0.717, 1.165) is 35.6 Å². The Kier molecular flexibility index (Phi) is 3.73. The molecule has 1 aromatic rings. The van der Waals surface area contributed by atoms with E-state index in [0.29, 0.717) is 10.0 Å². The maximum atomic E-state index is 6.15. The second-order valence-corrected chi connectivity index (χ2v) is 6.63. The Morgan fingerprint density at radius 1 is 1.33 bits per heavy atom. The van der Waals surface area contributed by atoms with Gasteiger partial charge >= 0.3 is 0 Å². The second-order valence-electron chi connectivity index (χ2n) is 4.73. The van der Waals surface area contributed by atoms with Crippen LogP contribution in [0, 0.1) is 5.92 Å². The van der Waals surface area contributed by atoms with Crippen molar-refractivity contribution in [2.75, 3.05) is 18.8 Å². The van der Waals surface area contributed by atoms with Crippen LogP contribution in [0.2, 0.25) is 10.0 Å². The van der Waals surface area contributed by atoms with Gasteiger partial charge in [0.05, 0.1) is 10.7 Å². The van der Waals surface area contributed by atoms with Crippen molar-refractivity contribution in [3.8, 4) is 0 Å². The minimum absolute atomic E-state index is 0.619. The first-order valence-electron chi connectivity index (χ1n) is 6.14. The summed E-state index contributed by atoms with van der Waals surface area (Å²) in [6.07, 6.45) is 2.74. The summed E-state index contributed by atoms with van der Waals surface area (Å²) in [6, 6.07) is 5.46. The molecule has 0 bridgehead atoms. The highest BCUT2D eigenvalue weighted by atomic mass is 35.5. The lowest BCUT2D eigenvalue weighted by Gasteiger charge is -2.17. The Labute approximate surface area is 121 Å². The Hall–Kier alpha value is -0.380. The van der Waals surface area contributed by atoms with Crippen LogP contribution in [0.3, 0.4) is 0 Å². The molecule has 18 heavy (non-hydrogen) atoms. The molecule has 0 amide bonds. The molecule has 1 saturated carbocycles. The monoisotopic (exact) mass is 300 g/mol. The number of aliphatic imine (C=N–C) groups is 1. The fraction of sp³-hybridized carbons (Fsp3) is 0.462. The van der Waals surface area contributed by atoms with Gasteiger partial charge in [0.1, 0.15) is 0 Å². The zero-order valence-electron chi connectivity index (χ0n) is 9.90. The lowest BCUT2D eigenvalue weighted by molar-refractivity contribution is 0.438. The van der Waals surface area contributed by atoms with Gasteiger partial charge < -0.3 is 4.90 Å². The highest BCUT2D eigenvalue weighted by molar-refractivity contribution is 8.14. The van der Waals surface area contributed by atoms with Crippen molar-refractivity contribution < 1.29 is 0 Å². The fourth-order valence-electron chi connectivity index (χ4n) is 1.99. The maximum Gasteiger partial charge on any atom is 0.164 e. The lowest BCUT2D eigenvalue weighted by atomic mass is 10.3. The van der Waals surface area contributed by atoms with Gasteiger partial charge in [0.15, 0.2) is 5.17 Å². The SMILES string of the molecule is Clc1ccc(N=C2SCCN2CC2CC2)c(Cl)c1. The van der Waals surface area contributed by atoms with Crippen molar-refractivity contribution in [2.45, 2.75) is 12.8 Å². The molecule has 1 aliphatic heterocycles. The molecule has 1 saturated heterocycles. The average Bonchev–Trinajstić information content (AvgIpc) is 3.03. The highest BCUT2D eigenvalue weighted by Crippen LogP contribution is 2.34. The van der Waals surface area contributed by atoms with Gasteiger partial charge in [-0.3, -0.25) is 0 Å². The Balaban J connectivity index is 1.80. The van der Waals surface area contributed by atoms with Crippen molar-refractivity contribution in [1.29, 1.82) is 0 Å². The maximum absolute atomic E-state index is 6.15. The Bertz CT molecular complexity index is 486. The fourth-order valence-corrected chi connectivity index (χ4v) is 3.45. The van der Waals surface area contributed by atoms with E-state index in [2.05, 4.69) is 9.89 Å². The zero-order chi connectivity index (χ0) is 12.5. The summed E-state index contributed by atoms with van der Waals surface area (Å²) in [6.45, 7) is 2.25. The van der Waals surface area contributed by atoms with Crippen LogP contribution in [0.5, 0.6) is 0 Å².